The number of rotatable bonds is 5. The number of carbonyl (C=O) groups is 2. The molecule has 2 aromatic heterocycles. The Morgan fingerprint density at radius 1 is 1.09 bits per heavy atom. The fourth-order valence-corrected chi connectivity index (χ4v) is 5.46. The van der Waals surface area contributed by atoms with Gasteiger partial charge in [0.15, 0.2) is 0 Å². The zero-order valence-electron chi connectivity index (χ0n) is 21.2. The molecule has 2 fully saturated rings. The summed E-state index contributed by atoms with van der Waals surface area (Å²) >= 11 is 0. The van der Waals surface area contributed by atoms with Gasteiger partial charge in [0.25, 0.3) is 5.91 Å². The summed E-state index contributed by atoms with van der Waals surface area (Å²) in [7, 11) is 0. The third kappa shape index (κ3) is 4.56. The molecule has 9 heteroatoms. The molecule has 3 aliphatic heterocycles. The molecule has 2 amide bonds. The van der Waals surface area contributed by atoms with Crippen LogP contribution < -0.4 is 9.80 Å². The van der Waals surface area contributed by atoms with E-state index in [1.165, 1.54) is 0 Å². The minimum atomic E-state index is -0.0154. The summed E-state index contributed by atoms with van der Waals surface area (Å²) in [5.74, 6) is 1.57. The van der Waals surface area contributed by atoms with Crippen LogP contribution in [0.25, 0.3) is 0 Å². The summed E-state index contributed by atoms with van der Waals surface area (Å²) < 4.78 is 0. The standard InChI is InChI=1S/C26H35N7O2/c1-17(2)33-16-22-23(25(33)35)28-26(31-13-11-30(12-14-31)19(4)34)29-24(22)32-10-6-9-21(32)15-20-8-5-7-18(3)27-20/h5,7-8,17,21H,6,9-16H2,1-4H3. The van der Waals surface area contributed by atoms with Crippen molar-refractivity contribution in [3.63, 3.8) is 0 Å². The van der Waals surface area contributed by atoms with Gasteiger partial charge in [0.1, 0.15) is 11.5 Å². The van der Waals surface area contributed by atoms with Crippen LogP contribution in [0.1, 0.15) is 61.1 Å². The molecule has 3 aliphatic rings. The molecular formula is C26H35N7O2. The summed E-state index contributed by atoms with van der Waals surface area (Å²) in [4.78, 5) is 48.0. The molecule has 0 spiro atoms. The monoisotopic (exact) mass is 477 g/mol. The van der Waals surface area contributed by atoms with Crippen LogP contribution in [0.15, 0.2) is 18.2 Å². The maximum absolute atomic E-state index is 13.3. The molecule has 0 radical (unpaired) electrons. The van der Waals surface area contributed by atoms with Crippen molar-refractivity contribution in [2.75, 3.05) is 42.5 Å². The zero-order valence-corrected chi connectivity index (χ0v) is 21.2. The Labute approximate surface area is 207 Å². The number of aromatic nitrogens is 3. The van der Waals surface area contributed by atoms with Crippen LogP contribution >= 0.6 is 0 Å². The van der Waals surface area contributed by atoms with E-state index in [0.29, 0.717) is 44.4 Å². The maximum Gasteiger partial charge on any atom is 0.273 e. The Hall–Kier alpha value is -3.23. The van der Waals surface area contributed by atoms with E-state index in [9.17, 15) is 9.59 Å². The molecule has 2 saturated heterocycles. The molecule has 186 valence electrons. The molecule has 1 atom stereocenters. The van der Waals surface area contributed by atoms with Gasteiger partial charge in [-0.1, -0.05) is 6.07 Å². The minimum absolute atomic E-state index is 0.0154. The number of hydrogen-bond acceptors (Lipinski definition) is 7. The summed E-state index contributed by atoms with van der Waals surface area (Å²) in [6.45, 7) is 11.8. The molecule has 0 aromatic carbocycles. The van der Waals surface area contributed by atoms with Crippen molar-refractivity contribution in [3.8, 4) is 0 Å². The smallest absolute Gasteiger partial charge is 0.273 e. The molecule has 9 nitrogen and oxygen atoms in total. The average molecular weight is 478 g/mol. The van der Waals surface area contributed by atoms with E-state index < -0.39 is 0 Å². The van der Waals surface area contributed by atoms with E-state index in [0.717, 1.165) is 48.6 Å². The highest BCUT2D eigenvalue weighted by molar-refractivity contribution is 5.98. The quantitative estimate of drug-likeness (QED) is 0.654. The highest BCUT2D eigenvalue weighted by atomic mass is 16.2. The first kappa shape index (κ1) is 23.5. The summed E-state index contributed by atoms with van der Waals surface area (Å²) in [6.07, 6.45) is 3.02. The maximum atomic E-state index is 13.3. The van der Waals surface area contributed by atoms with Gasteiger partial charge in [-0.15, -0.1) is 0 Å². The molecule has 5 rings (SSSR count). The van der Waals surface area contributed by atoms with Gasteiger partial charge in [-0.3, -0.25) is 14.6 Å². The van der Waals surface area contributed by atoms with Crippen molar-refractivity contribution in [1.29, 1.82) is 0 Å². The fourth-order valence-electron chi connectivity index (χ4n) is 5.46. The summed E-state index contributed by atoms with van der Waals surface area (Å²) in [5.41, 5.74) is 3.60. The van der Waals surface area contributed by atoms with Gasteiger partial charge in [-0.05, 0) is 45.7 Å². The summed E-state index contributed by atoms with van der Waals surface area (Å²) in [6, 6.07) is 6.57. The SMILES string of the molecule is CC(=O)N1CCN(c2nc3c(c(N4CCCC4Cc4cccc(C)n4)n2)CN(C(C)C)C3=O)CC1. The number of aryl methyl sites for hydroxylation is 1. The van der Waals surface area contributed by atoms with Gasteiger partial charge >= 0.3 is 0 Å². The molecule has 2 aromatic rings. The highest BCUT2D eigenvalue weighted by Crippen LogP contribution is 2.36. The highest BCUT2D eigenvalue weighted by Gasteiger charge is 2.38. The van der Waals surface area contributed by atoms with Crippen LogP contribution in [0.5, 0.6) is 0 Å². The first-order valence-corrected chi connectivity index (χ1v) is 12.7. The van der Waals surface area contributed by atoms with Crippen molar-refractivity contribution in [2.24, 2.45) is 0 Å². The number of amides is 2. The Bertz CT molecular complexity index is 1130. The predicted molar refractivity (Wildman–Crippen MR) is 135 cm³/mol. The van der Waals surface area contributed by atoms with E-state index in [1.54, 1.807) is 6.92 Å². The second-order valence-electron chi connectivity index (χ2n) is 10.2. The van der Waals surface area contributed by atoms with E-state index >= 15 is 0 Å². The van der Waals surface area contributed by atoms with Crippen molar-refractivity contribution in [3.05, 3.63) is 40.8 Å². The first-order valence-electron chi connectivity index (χ1n) is 12.7. The van der Waals surface area contributed by atoms with Crippen molar-refractivity contribution in [1.82, 2.24) is 24.8 Å². The third-order valence-electron chi connectivity index (χ3n) is 7.44. The van der Waals surface area contributed by atoms with Crippen LogP contribution in [0.4, 0.5) is 11.8 Å². The fraction of sp³-hybridized carbons (Fsp3) is 0.577. The Kier molecular flexibility index (Phi) is 6.34. The molecule has 1 unspecified atom stereocenters. The van der Waals surface area contributed by atoms with Crippen LogP contribution in [-0.2, 0) is 17.8 Å². The van der Waals surface area contributed by atoms with Crippen LogP contribution in [0.2, 0.25) is 0 Å². The lowest BCUT2D eigenvalue weighted by molar-refractivity contribution is -0.129. The number of carbonyl (C=O) groups excluding carboxylic acids is 2. The lowest BCUT2D eigenvalue weighted by Crippen LogP contribution is -2.48. The molecule has 0 aliphatic carbocycles. The Morgan fingerprint density at radius 2 is 1.86 bits per heavy atom. The van der Waals surface area contributed by atoms with Crippen LogP contribution in [0, 0.1) is 6.92 Å². The average Bonchev–Trinajstić information content (AvgIpc) is 3.43. The van der Waals surface area contributed by atoms with Gasteiger partial charge in [0.2, 0.25) is 11.9 Å². The number of hydrogen-bond donors (Lipinski definition) is 0. The predicted octanol–water partition coefficient (Wildman–Crippen LogP) is 2.42. The van der Waals surface area contributed by atoms with E-state index in [2.05, 4.69) is 21.9 Å². The molecule has 35 heavy (non-hydrogen) atoms. The number of pyridine rings is 1. The topological polar surface area (TPSA) is 85.8 Å². The largest absolute Gasteiger partial charge is 0.353 e. The number of fused-ring (bicyclic) bond motifs is 1. The molecule has 0 bridgehead atoms. The molecule has 0 saturated carbocycles. The normalized spacial score (nSPS) is 20.3. The van der Waals surface area contributed by atoms with E-state index in [4.69, 9.17) is 15.0 Å². The molecule has 0 N–H and O–H groups in total. The number of nitrogens with zero attached hydrogens (tertiary/aromatic N) is 7. The lowest BCUT2D eigenvalue weighted by Gasteiger charge is -2.35. The van der Waals surface area contributed by atoms with Crippen molar-refractivity contribution >= 4 is 23.6 Å². The third-order valence-corrected chi connectivity index (χ3v) is 7.44. The first-order chi connectivity index (χ1) is 16.8. The molecular weight excluding hydrogens is 442 g/mol. The second kappa shape index (κ2) is 9.43. The second-order valence-corrected chi connectivity index (χ2v) is 10.2. The minimum Gasteiger partial charge on any atom is -0.353 e. The summed E-state index contributed by atoms with van der Waals surface area (Å²) in [5, 5.41) is 0. The zero-order chi connectivity index (χ0) is 24.7. The van der Waals surface area contributed by atoms with Crippen LogP contribution in [-0.4, -0.2) is 81.4 Å². The van der Waals surface area contributed by atoms with Crippen molar-refractivity contribution < 1.29 is 9.59 Å². The van der Waals surface area contributed by atoms with Gasteiger partial charge in [-0.2, -0.15) is 4.98 Å². The van der Waals surface area contributed by atoms with Gasteiger partial charge in [0, 0.05) is 75.1 Å². The van der Waals surface area contributed by atoms with E-state index in [-0.39, 0.29) is 23.9 Å². The Balaban J connectivity index is 1.49. The number of anilines is 2. The Morgan fingerprint density at radius 3 is 2.54 bits per heavy atom. The molecule has 5 heterocycles. The van der Waals surface area contributed by atoms with Crippen molar-refractivity contribution in [2.45, 2.75) is 65.6 Å². The number of piperazine rings is 1. The van der Waals surface area contributed by atoms with Gasteiger partial charge in [0.05, 0.1) is 6.54 Å². The van der Waals surface area contributed by atoms with Crippen LogP contribution in [0.3, 0.4) is 0 Å². The van der Waals surface area contributed by atoms with Gasteiger partial charge in [-0.25, -0.2) is 4.98 Å². The lowest BCUT2D eigenvalue weighted by atomic mass is 10.1. The van der Waals surface area contributed by atoms with E-state index in [1.807, 2.05) is 36.6 Å². The van der Waals surface area contributed by atoms with Gasteiger partial charge < -0.3 is 19.6 Å².